The van der Waals surface area contributed by atoms with E-state index in [0.717, 1.165) is 36.1 Å². The van der Waals surface area contributed by atoms with Gasteiger partial charge in [0.05, 0.1) is 6.61 Å². The molecule has 3 N–H and O–H groups in total. The van der Waals surface area contributed by atoms with E-state index in [2.05, 4.69) is 25.2 Å². The molecule has 1 aliphatic rings. The molecule has 0 radical (unpaired) electrons. The van der Waals surface area contributed by atoms with Crippen molar-refractivity contribution in [3.05, 3.63) is 18.2 Å². The van der Waals surface area contributed by atoms with E-state index in [4.69, 9.17) is 10.5 Å². The predicted octanol–water partition coefficient (Wildman–Crippen LogP) is 3.66. The first-order valence-electron chi connectivity index (χ1n) is 6.97. The highest BCUT2D eigenvalue weighted by Crippen LogP contribution is 2.29. The molecule has 1 saturated carbocycles. The third kappa shape index (κ3) is 3.56. The standard InChI is InChI=1S/C15H24N2O/c1-3-6-18-15-9-12(16)8-14(10-15)17-13-5-4-11(2)7-13/h8-11,13,17H,3-7,16H2,1-2H3. The summed E-state index contributed by atoms with van der Waals surface area (Å²) in [4.78, 5) is 0. The van der Waals surface area contributed by atoms with Crippen molar-refractivity contribution in [2.75, 3.05) is 17.7 Å². The molecular formula is C15H24N2O. The lowest BCUT2D eigenvalue weighted by Gasteiger charge is -2.16. The Morgan fingerprint density at radius 3 is 2.83 bits per heavy atom. The highest BCUT2D eigenvalue weighted by Gasteiger charge is 2.21. The molecule has 1 fully saturated rings. The minimum absolute atomic E-state index is 0.584. The summed E-state index contributed by atoms with van der Waals surface area (Å²) in [5, 5.41) is 3.57. The van der Waals surface area contributed by atoms with Gasteiger partial charge in [0.25, 0.3) is 0 Å². The van der Waals surface area contributed by atoms with Crippen molar-refractivity contribution in [2.45, 2.75) is 45.6 Å². The lowest BCUT2D eigenvalue weighted by Crippen LogP contribution is -2.15. The zero-order valence-electron chi connectivity index (χ0n) is 11.4. The minimum Gasteiger partial charge on any atom is -0.493 e. The summed E-state index contributed by atoms with van der Waals surface area (Å²) >= 11 is 0. The summed E-state index contributed by atoms with van der Waals surface area (Å²) < 4.78 is 5.64. The van der Waals surface area contributed by atoms with Crippen LogP contribution in [0.1, 0.15) is 39.5 Å². The molecule has 0 spiro atoms. The maximum atomic E-state index is 5.91. The Balaban J connectivity index is 2.00. The van der Waals surface area contributed by atoms with Crippen molar-refractivity contribution in [1.82, 2.24) is 0 Å². The second-order valence-corrected chi connectivity index (χ2v) is 5.40. The number of nitrogens with two attached hydrogens (primary N) is 1. The van der Waals surface area contributed by atoms with Crippen LogP contribution in [-0.4, -0.2) is 12.6 Å². The number of hydrogen-bond acceptors (Lipinski definition) is 3. The summed E-state index contributed by atoms with van der Waals surface area (Å²) in [6.07, 6.45) is 4.83. The van der Waals surface area contributed by atoms with E-state index in [1.807, 2.05) is 12.1 Å². The summed E-state index contributed by atoms with van der Waals surface area (Å²) in [6, 6.07) is 6.51. The molecule has 2 rings (SSSR count). The van der Waals surface area contributed by atoms with Crippen LogP contribution in [0.2, 0.25) is 0 Å². The van der Waals surface area contributed by atoms with Gasteiger partial charge < -0.3 is 15.8 Å². The lowest BCUT2D eigenvalue weighted by molar-refractivity contribution is 0.318. The normalized spacial score (nSPS) is 23.0. The van der Waals surface area contributed by atoms with Gasteiger partial charge in [-0.3, -0.25) is 0 Å². The molecule has 100 valence electrons. The lowest BCUT2D eigenvalue weighted by atomic mass is 10.1. The minimum atomic E-state index is 0.584. The summed E-state index contributed by atoms with van der Waals surface area (Å²) in [5.74, 6) is 1.70. The van der Waals surface area contributed by atoms with Gasteiger partial charge >= 0.3 is 0 Å². The van der Waals surface area contributed by atoms with Gasteiger partial charge in [-0.05, 0) is 37.7 Å². The Labute approximate surface area is 110 Å². The van der Waals surface area contributed by atoms with E-state index < -0.39 is 0 Å². The predicted molar refractivity (Wildman–Crippen MR) is 77.1 cm³/mol. The molecule has 0 bridgehead atoms. The van der Waals surface area contributed by atoms with Crippen molar-refractivity contribution in [3.8, 4) is 5.75 Å². The van der Waals surface area contributed by atoms with Crippen LogP contribution in [0, 0.1) is 5.92 Å². The van der Waals surface area contributed by atoms with Crippen LogP contribution in [-0.2, 0) is 0 Å². The van der Waals surface area contributed by atoms with Crippen molar-refractivity contribution in [2.24, 2.45) is 5.92 Å². The molecule has 0 amide bonds. The third-order valence-corrected chi connectivity index (χ3v) is 3.47. The van der Waals surface area contributed by atoms with Gasteiger partial charge in [-0.1, -0.05) is 13.8 Å². The monoisotopic (exact) mass is 248 g/mol. The Bertz CT molecular complexity index is 392. The number of rotatable bonds is 5. The average molecular weight is 248 g/mol. The number of nitrogens with one attached hydrogen (secondary N) is 1. The zero-order chi connectivity index (χ0) is 13.0. The summed E-state index contributed by atoms with van der Waals surface area (Å²) in [5.41, 5.74) is 7.76. The highest BCUT2D eigenvalue weighted by molar-refractivity contribution is 5.59. The van der Waals surface area contributed by atoms with Gasteiger partial charge in [0.15, 0.2) is 0 Å². The maximum Gasteiger partial charge on any atom is 0.123 e. The molecule has 0 saturated heterocycles. The first-order chi connectivity index (χ1) is 8.67. The number of ether oxygens (including phenoxy) is 1. The van der Waals surface area contributed by atoms with Gasteiger partial charge in [0.2, 0.25) is 0 Å². The van der Waals surface area contributed by atoms with Crippen LogP contribution in [0.5, 0.6) is 5.75 Å². The SMILES string of the molecule is CCCOc1cc(N)cc(NC2CCC(C)C2)c1. The van der Waals surface area contributed by atoms with E-state index >= 15 is 0 Å². The van der Waals surface area contributed by atoms with Crippen molar-refractivity contribution in [1.29, 1.82) is 0 Å². The van der Waals surface area contributed by atoms with Gasteiger partial charge in [-0.25, -0.2) is 0 Å². The number of benzene rings is 1. The largest absolute Gasteiger partial charge is 0.493 e. The molecule has 0 aromatic heterocycles. The number of nitrogen functional groups attached to an aromatic ring is 1. The molecule has 1 aromatic carbocycles. The maximum absolute atomic E-state index is 5.91. The smallest absolute Gasteiger partial charge is 0.123 e. The van der Waals surface area contributed by atoms with Crippen LogP contribution in [0.15, 0.2) is 18.2 Å². The van der Waals surface area contributed by atoms with Crippen molar-refractivity contribution in [3.63, 3.8) is 0 Å². The van der Waals surface area contributed by atoms with Crippen LogP contribution in [0.25, 0.3) is 0 Å². The molecule has 2 unspecified atom stereocenters. The fraction of sp³-hybridized carbons (Fsp3) is 0.600. The van der Waals surface area contributed by atoms with E-state index in [1.54, 1.807) is 0 Å². The second kappa shape index (κ2) is 5.98. The molecule has 1 aliphatic carbocycles. The Morgan fingerprint density at radius 1 is 1.33 bits per heavy atom. The highest BCUT2D eigenvalue weighted by atomic mass is 16.5. The topological polar surface area (TPSA) is 47.3 Å². The molecule has 0 heterocycles. The first kappa shape index (κ1) is 13.1. The number of anilines is 2. The molecular weight excluding hydrogens is 224 g/mol. The first-order valence-corrected chi connectivity index (χ1v) is 6.97. The Kier molecular flexibility index (Phi) is 4.34. The Morgan fingerprint density at radius 2 is 2.17 bits per heavy atom. The molecule has 1 aromatic rings. The molecule has 18 heavy (non-hydrogen) atoms. The van der Waals surface area contributed by atoms with Gasteiger partial charge in [-0.15, -0.1) is 0 Å². The van der Waals surface area contributed by atoms with E-state index in [0.29, 0.717) is 6.04 Å². The summed E-state index contributed by atoms with van der Waals surface area (Å²) in [7, 11) is 0. The van der Waals surface area contributed by atoms with Crippen LogP contribution in [0.4, 0.5) is 11.4 Å². The van der Waals surface area contributed by atoms with E-state index in [-0.39, 0.29) is 0 Å². The second-order valence-electron chi connectivity index (χ2n) is 5.40. The summed E-state index contributed by atoms with van der Waals surface area (Å²) in [6.45, 7) is 5.16. The molecule has 3 nitrogen and oxygen atoms in total. The Hall–Kier alpha value is -1.38. The van der Waals surface area contributed by atoms with Gasteiger partial charge in [-0.2, -0.15) is 0 Å². The van der Waals surface area contributed by atoms with Crippen LogP contribution in [0.3, 0.4) is 0 Å². The molecule has 0 aliphatic heterocycles. The van der Waals surface area contributed by atoms with E-state index in [9.17, 15) is 0 Å². The van der Waals surface area contributed by atoms with Crippen molar-refractivity contribution < 1.29 is 4.74 Å². The van der Waals surface area contributed by atoms with Gasteiger partial charge in [0, 0.05) is 29.5 Å². The van der Waals surface area contributed by atoms with Gasteiger partial charge in [0.1, 0.15) is 5.75 Å². The van der Waals surface area contributed by atoms with Crippen molar-refractivity contribution >= 4 is 11.4 Å². The van der Waals surface area contributed by atoms with E-state index in [1.165, 1.54) is 19.3 Å². The average Bonchev–Trinajstić information content (AvgIpc) is 2.71. The quantitative estimate of drug-likeness (QED) is 0.782. The van der Waals surface area contributed by atoms with Crippen LogP contribution >= 0.6 is 0 Å². The van der Waals surface area contributed by atoms with Crippen LogP contribution < -0.4 is 15.8 Å². The fourth-order valence-electron chi connectivity index (χ4n) is 2.58. The molecule has 3 heteroatoms. The number of hydrogen-bond donors (Lipinski definition) is 2. The third-order valence-electron chi connectivity index (χ3n) is 3.47. The zero-order valence-corrected chi connectivity index (χ0v) is 11.4. The molecule has 2 atom stereocenters. The fourth-order valence-corrected chi connectivity index (χ4v) is 2.58.